The first-order valence-corrected chi connectivity index (χ1v) is 11.9. The number of primary amides is 1. The monoisotopic (exact) mass is 467 g/mol. The predicted molar refractivity (Wildman–Crippen MR) is 126 cm³/mol. The lowest BCUT2D eigenvalue weighted by molar-refractivity contribution is -0.141. The van der Waals surface area contributed by atoms with Crippen LogP contribution in [0.25, 0.3) is 0 Å². The molecule has 9 nitrogen and oxygen atoms in total. The van der Waals surface area contributed by atoms with Crippen molar-refractivity contribution < 1.29 is 28.4 Å². The van der Waals surface area contributed by atoms with Crippen LogP contribution in [0, 0.1) is 5.92 Å². The highest BCUT2D eigenvalue weighted by Gasteiger charge is 2.53. The SMILES string of the molecule is CC(=O)N[C@](CCCCB1OC(C)(C)C(C)(C)O1)(C(=O)NC(C)(C)C)C1CC(OC(N)=O)C1. The van der Waals surface area contributed by atoms with Gasteiger partial charge in [-0.3, -0.25) is 9.59 Å². The Morgan fingerprint density at radius 2 is 1.58 bits per heavy atom. The van der Waals surface area contributed by atoms with E-state index in [2.05, 4.69) is 10.6 Å². The zero-order chi connectivity index (χ0) is 25.2. The van der Waals surface area contributed by atoms with Gasteiger partial charge >= 0.3 is 13.2 Å². The van der Waals surface area contributed by atoms with Crippen molar-refractivity contribution in [2.45, 2.75) is 122 Å². The average molecular weight is 467 g/mol. The Balaban J connectivity index is 2.10. The highest BCUT2D eigenvalue weighted by Crippen LogP contribution is 2.42. The summed E-state index contributed by atoms with van der Waals surface area (Å²) in [6.07, 6.45) is 2.40. The number of nitrogens with one attached hydrogen (secondary N) is 2. The van der Waals surface area contributed by atoms with E-state index < -0.39 is 17.2 Å². The van der Waals surface area contributed by atoms with Crippen molar-refractivity contribution in [1.29, 1.82) is 0 Å². The van der Waals surface area contributed by atoms with Crippen LogP contribution in [0.4, 0.5) is 4.79 Å². The molecule has 1 aliphatic heterocycles. The third-order valence-electron chi connectivity index (χ3n) is 6.93. The summed E-state index contributed by atoms with van der Waals surface area (Å²) in [5, 5.41) is 6.00. The molecule has 10 heteroatoms. The molecule has 1 aliphatic carbocycles. The second kappa shape index (κ2) is 9.82. The summed E-state index contributed by atoms with van der Waals surface area (Å²) in [5.41, 5.74) is 2.82. The van der Waals surface area contributed by atoms with Gasteiger partial charge in [0.1, 0.15) is 11.6 Å². The summed E-state index contributed by atoms with van der Waals surface area (Å²) < 4.78 is 17.2. The third-order valence-corrected chi connectivity index (χ3v) is 6.93. The molecule has 4 N–H and O–H groups in total. The number of hydrogen-bond donors (Lipinski definition) is 3. The van der Waals surface area contributed by atoms with Crippen LogP contribution in [0.5, 0.6) is 0 Å². The second-order valence-corrected chi connectivity index (χ2v) is 11.5. The molecule has 0 radical (unpaired) electrons. The number of nitrogens with two attached hydrogens (primary N) is 1. The molecule has 0 aromatic rings. The van der Waals surface area contributed by atoms with Crippen molar-refractivity contribution in [2.75, 3.05) is 0 Å². The molecule has 0 aromatic carbocycles. The molecule has 2 fully saturated rings. The van der Waals surface area contributed by atoms with Crippen LogP contribution in [-0.2, 0) is 23.6 Å². The summed E-state index contributed by atoms with van der Waals surface area (Å²) in [6, 6.07) is 0. The van der Waals surface area contributed by atoms with Crippen molar-refractivity contribution in [3.05, 3.63) is 0 Å². The number of rotatable bonds is 9. The summed E-state index contributed by atoms with van der Waals surface area (Å²) in [6.45, 7) is 15.2. The van der Waals surface area contributed by atoms with E-state index in [0.717, 1.165) is 6.42 Å². The van der Waals surface area contributed by atoms with Crippen LogP contribution in [0.15, 0.2) is 0 Å². The standard InChI is InChI=1S/C23H42BN3O6/c1-15(28)26-23(18(29)27-20(2,3)4,16-13-17(14-16)31-19(25)30)11-9-10-12-24-32-21(5,6)22(7,8)33-24/h16-17H,9-14H2,1-8H3,(H2,25,30)(H,26,28)(H,27,29)/t16?,17?,23-/m0/s1. The first kappa shape index (κ1) is 27.4. The molecule has 1 saturated heterocycles. The third kappa shape index (κ3) is 6.85. The fourth-order valence-corrected chi connectivity index (χ4v) is 4.52. The maximum atomic E-state index is 13.5. The summed E-state index contributed by atoms with van der Waals surface area (Å²) in [7, 11) is -0.300. The Bertz CT molecular complexity index is 729. The summed E-state index contributed by atoms with van der Waals surface area (Å²) in [5.74, 6) is -0.655. The molecule has 188 valence electrons. The number of unbranched alkanes of at least 4 members (excludes halogenated alkanes) is 1. The van der Waals surface area contributed by atoms with Gasteiger partial charge in [-0.1, -0.05) is 12.8 Å². The van der Waals surface area contributed by atoms with E-state index in [1.54, 1.807) is 0 Å². The van der Waals surface area contributed by atoms with Gasteiger partial charge in [0.15, 0.2) is 0 Å². The lowest BCUT2D eigenvalue weighted by Crippen LogP contribution is -2.67. The van der Waals surface area contributed by atoms with Crippen LogP contribution in [0.2, 0.25) is 6.32 Å². The quantitative estimate of drug-likeness (QED) is 0.353. The van der Waals surface area contributed by atoms with E-state index >= 15 is 0 Å². The molecular weight excluding hydrogens is 425 g/mol. The largest absolute Gasteiger partial charge is 0.457 e. The van der Waals surface area contributed by atoms with Crippen molar-refractivity contribution in [1.82, 2.24) is 10.6 Å². The fourth-order valence-electron chi connectivity index (χ4n) is 4.52. The van der Waals surface area contributed by atoms with E-state index in [0.29, 0.717) is 32.0 Å². The molecule has 33 heavy (non-hydrogen) atoms. The summed E-state index contributed by atoms with van der Waals surface area (Å²) >= 11 is 0. The van der Waals surface area contributed by atoms with Crippen LogP contribution < -0.4 is 16.4 Å². The smallest absolute Gasteiger partial charge is 0.446 e. The van der Waals surface area contributed by atoms with Gasteiger partial charge in [-0.15, -0.1) is 0 Å². The molecule has 0 spiro atoms. The van der Waals surface area contributed by atoms with Crippen molar-refractivity contribution >= 4 is 25.0 Å². The lowest BCUT2D eigenvalue weighted by Gasteiger charge is -2.48. The zero-order valence-electron chi connectivity index (χ0n) is 21.5. The lowest BCUT2D eigenvalue weighted by atomic mass is 9.65. The Labute approximate surface area is 198 Å². The highest BCUT2D eigenvalue weighted by molar-refractivity contribution is 6.45. The molecule has 0 aromatic heterocycles. The van der Waals surface area contributed by atoms with Crippen LogP contribution in [0.3, 0.4) is 0 Å². The average Bonchev–Trinajstić information content (AvgIpc) is 2.78. The van der Waals surface area contributed by atoms with E-state index in [9.17, 15) is 14.4 Å². The van der Waals surface area contributed by atoms with E-state index in [-0.39, 0.29) is 42.2 Å². The normalized spacial score (nSPS) is 25.5. The van der Waals surface area contributed by atoms with Crippen LogP contribution >= 0.6 is 0 Å². The molecular formula is C23H42BN3O6. The predicted octanol–water partition coefficient (Wildman–Crippen LogP) is 2.91. The van der Waals surface area contributed by atoms with Gasteiger partial charge in [-0.25, -0.2) is 4.79 Å². The number of ether oxygens (including phenoxy) is 1. The minimum atomic E-state index is -1.09. The van der Waals surface area contributed by atoms with E-state index in [1.807, 2.05) is 48.5 Å². The Kier molecular flexibility index (Phi) is 8.17. The number of carbonyl (C=O) groups excluding carboxylic acids is 3. The Morgan fingerprint density at radius 3 is 2.03 bits per heavy atom. The number of hydrogen-bond acceptors (Lipinski definition) is 6. The van der Waals surface area contributed by atoms with Gasteiger partial charge in [-0.2, -0.15) is 0 Å². The second-order valence-electron chi connectivity index (χ2n) is 11.5. The minimum Gasteiger partial charge on any atom is -0.446 e. The van der Waals surface area contributed by atoms with Gasteiger partial charge in [0.25, 0.3) is 0 Å². The highest BCUT2D eigenvalue weighted by atomic mass is 16.7. The van der Waals surface area contributed by atoms with Gasteiger partial charge < -0.3 is 30.4 Å². The van der Waals surface area contributed by atoms with Crippen molar-refractivity contribution in [3.63, 3.8) is 0 Å². The number of carbonyl (C=O) groups is 3. The molecule has 1 heterocycles. The topological polar surface area (TPSA) is 129 Å². The summed E-state index contributed by atoms with van der Waals surface area (Å²) in [4.78, 5) is 36.8. The molecule has 0 unspecified atom stereocenters. The van der Waals surface area contributed by atoms with E-state index in [1.165, 1.54) is 6.92 Å². The molecule has 3 amide bonds. The van der Waals surface area contributed by atoms with Crippen LogP contribution in [0.1, 0.15) is 87.5 Å². The van der Waals surface area contributed by atoms with E-state index in [4.69, 9.17) is 19.8 Å². The maximum Gasteiger partial charge on any atom is 0.457 e. The fraction of sp³-hybridized carbons (Fsp3) is 0.870. The molecule has 1 saturated carbocycles. The molecule has 2 rings (SSSR count). The maximum absolute atomic E-state index is 13.5. The Morgan fingerprint density at radius 1 is 1.03 bits per heavy atom. The van der Waals surface area contributed by atoms with Crippen molar-refractivity contribution in [3.8, 4) is 0 Å². The minimum absolute atomic E-state index is 0.162. The van der Waals surface area contributed by atoms with Crippen LogP contribution in [-0.4, -0.2) is 53.4 Å². The zero-order valence-corrected chi connectivity index (χ0v) is 21.5. The number of amides is 3. The first-order valence-electron chi connectivity index (χ1n) is 11.9. The van der Waals surface area contributed by atoms with Gasteiger partial charge in [0, 0.05) is 12.5 Å². The van der Waals surface area contributed by atoms with Gasteiger partial charge in [-0.05, 0) is 80.0 Å². The van der Waals surface area contributed by atoms with Crippen molar-refractivity contribution in [2.24, 2.45) is 11.7 Å². The molecule has 0 bridgehead atoms. The molecule has 2 aliphatic rings. The van der Waals surface area contributed by atoms with Gasteiger partial charge in [0.05, 0.1) is 11.2 Å². The molecule has 1 atom stereocenters. The first-order chi connectivity index (χ1) is 15.0. The Hall–Kier alpha value is -1.81. The van der Waals surface area contributed by atoms with Gasteiger partial charge in [0.2, 0.25) is 11.8 Å².